The van der Waals surface area contributed by atoms with Gasteiger partial charge in [0.25, 0.3) is 0 Å². The normalized spacial score (nSPS) is 19.9. The number of carbonyl (C=O) groups is 2. The van der Waals surface area contributed by atoms with Crippen LogP contribution in [0.25, 0.3) is 11.1 Å². The zero-order valence-electron chi connectivity index (χ0n) is 16.9. The molecule has 158 valence electrons. The van der Waals surface area contributed by atoms with Crippen LogP contribution >= 0.6 is 11.8 Å². The van der Waals surface area contributed by atoms with Crippen LogP contribution in [0.15, 0.2) is 48.5 Å². The number of nitrogens with one attached hydrogen (secondary N) is 1. The van der Waals surface area contributed by atoms with Gasteiger partial charge in [0.15, 0.2) is 0 Å². The van der Waals surface area contributed by atoms with E-state index in [1.807, 2.05) is 24.3 Å². The molecule has 5 nitrogen and oxygen atoms in total. The Morgan fingerprint density at radius 2 is 1.70 bits per heavy atom. The molecule has 2 N–H and O–H groups in total. The lowest BCUT2D eigenvalue weighted by molar-refractivity contribution is -0.137. The molecule has 2 aliphatic rings. The van der Waals surface area contributed by atoms with Crippen molar-refractivity contribution < 1.29 is 19.4 Å². The number of rotatable bonds is 8. The Kier molecular flexibility index (Phi) is 6.62. The first-order chi connectivity index (χ1) is 14.6. The SMILES string of the molecule is O=C(O)CCCSC1CCCC1NC(=O)OCC1c2ccccc2-c2ccccc21. The van der Waals surface area contributed by atoms with Crippen LogP contribution in [-0.2, 0) is 9.53 Å². The molecule has 2 aromatic rings. The van der Waals surface area contributed by atoms with Gasteiger partial charge in [0, 0.05) is 23.6 Å². The zero-order chi connectivity index (χ0) is 20.9. The van der Waals surface area contributed by atoms with E-state index in [1.165, 1.54) is 22.3 Å². The lowest BCUT2D eigenvalue weighted by Crippen LogP contribution is -2.39. The molecular weight excluding hydrogens is 398 g/mol. The predicted molar refractivity (Wildman–Crippen MR) is 119 cm³/mol. The van der Waals surface area contributed by atoms with Crippen molar-refractivity contribution in [3.05, 3.63) is 59.7 Å². The Balaban J connectivity index is 1.31. The summed E-state index contributed by atoms with van der Waals surface area (Å²) in [6, 6.07) is 16.7. The number of aliphatic carboxylic acids is 1. The van der Waals surface area contributed by atoms with Crippen molar-refractivity contribution in [3.63, 3.8) is 0 Å². The molecule has 0 spiro atoms. The summed E-state index contributed by atoms with van der Waals surface area (Å²) >= 11 is 1.77. The number of fused-ring (bicyclic) bond motifs is 3. The van der Waals surface area contributed by atoms with Crippen LogP contribution in [0.3, 0.4) is 0 Å². The third kappa shape index (κ3) is 4.64. The van der Waals surface area contributed by atoms with Crippen molar-refractivity contribution in [3.8, 4) is 11.1 Å². The van der Waals surface area contributed by atoms with Gasteiger partial charge in [-0.15, -0.1) is 0 Å². The molecule has 2 atom stereocenters. The molecule has 0 aromatic heterocycles. The highest BCUT2D eigenvalue weighted by Crippen LogP contribution is 2.44. The minimum Gasteiger partial charge on any atom is -0.481 e. The molecule has 6 heteroatoms. The summed E-state index contributed by atoms with van der Waals surface area (Å²) < 4.78 is 5.67. The molecule has 1 fully saturated rings. The quantitative estimate of drug-likeness (QED) is 0.579. The number of hydrogen-bond donors (Lipinski definition) is 2. The number of carboxylic acid groups (broad SMARTS) is 1. The van der Waals surface area contributed by atoms with E-state index in [2.05, 4.69) is 29.6 Å². The van der Waals surface area contributed by atoms with Gasteiger partial charge in [-0.3, -0.25) is 4.79 Å². The van der Waals surface area contributed by atoms with Crippen LogP contribution in [0.5, 0.6) is 0 Å². The molecular formula is C24H27NO4S. The van der Waals surface area contributed by atoms with E-state index in [4.69, 9.17) is 9.84 Å². The average Bonchev–Trinajstić information content (AvgIpc) is 3.31. The van der Waals surface area contributed by atoms with Crippen LogP contribution in [0.4, 0.5) is 4.79 Å². The number of ether oxygens (including phenoxy) is 1. The molecule has 30 heavy (non-hydrogen) atoms. The molecule has 0 radical (unpaired) electrons. The van der Waals surface area contributed by atoms with Gasteiger partial charge in [0.05, 0.1) is 0 Å². The molecule has 1 amide bonds. The van der Waals surface area contributed by atoms with Gasteiger partial charge in [0.2, 0.25) is 0 Å². The van der Waals surface area contributed by atoms with Crippen LogP contribution in [0, 0.1) is 0 Å². The fourth-order valence-corrected chi connectivity index (χ4v) is 5.92. The van der Waals surface area contributed by atoms with Crippen molar-refractivity contribution in [1.29, 1.82) is 0 Å². The summed E-state index contributed by atoms with van der Waals surface area (Å²) in [5.41, 5.74) is 4.85. The van der Waals surface area contributed by atoms with Crippen molar-refractivity contribution in [2.45, 2.75) is 49.3 Å². The van der Waals surface area contributed by atoms with E-state index < -0.39 is 5.97 Å². The highest BCUT2D eigenvalue weighted by molar-refractivity contribution is 7.99. The zero-order valence-corrected chi connectivity index (χ0v) is 17.7. The molecule has 1 saturated carbocycles. The summed E-state index contributed by atoms with van der Waals surface area (Å²) in [4.78, 5) is 23.2. The molecule has 2 unspecified atom stereocenters. The van der Waals surface area contributed by atoms with E-state index in [0.717, 1.165) is 25.0 Å². The summed E-state index contributed by atoms with van der Waals surface area (Å²) in [7, 11) is 0. The Labute approximate surface area is 181 Å². The monoisotopic (exact) mass is 425 g/mol. The van der Waals surface area contributed by atoms with Crippen LogP contribution in [-0.4, -0.2) is 40.8 Å². The van der Waals surface area contributed by atoms with Gasteiger partial charge < -0.3 is 15.2 Å². The molecule has 2 aliphatic carbocycles. The van der Waals surface area contributed by atoms with E-state index in [0.29, 0.717) is 18.3 Å². The highest BCUT2D eigenvalue weighted by Gasteiger charge is 2.31. The predicted octanol–water partition coefficient (Wildman–Crippen LogP) is 5.04. The van der Waals surface area contributed by atoms with Crippen molar-refractivity contribution >= 4 is 23.8 Å². The minimum atomic E-state index is -0.754. The maximum absolute atomic E-state index is 12.5. The largest absolute Gasteiger partial charge is 0.481 e. The number of amides is 1. The molecule has 0 saturated heterocycles. The molecule has 4 rings (SSSR count). The molecule has 2 aromatic carbocycles. The summed E-state index contributed by atoms with van der Waals surface area (Å²) in [6.07, 6.45) is 3.57. The smallest absolute Gasteiger partial charge is 0.407 e. The molecule has 0 bridgehead atoms. The number of carboxylic acids is 1. The van der Waals surface area contributed by atoms with Crippen molar-refractivity contribution in [2.24, 2.45) is 0 Å². The Morgan fingerprint density at radius 1 is 1.03 bits per heavy atom. The number of benzene rings is 2. The Hall–Kier alpha value is -2.47. The topological polar surface area (TPSA) is 75.6 Å². The second-order valence-electron chi connectivity index (χ2n) is 7.91. The molecule has 0 heterocycles. The summed E-state index contributed by atoms with van der Waals surface area (Å²) in [5.74, 6) is 0.114. The van der Waals surface area contributed by atoms with E-state index in [-0.39, 0.29) is 24.5 Å². The van der Waals surface area contributed by atoms with Gasteiger partial charge in [-0.1, -0.05) is 55.0 Å². The Bertz CT molecular complexity index is 870. The third-order valence-corrected chi connectivity index (χ3v) is 7.48. The Morgan fingerprint density at radius 3 is 2.37 bits per heavy atom. The number of carbonyl (C=O) groups excluding carboxylic acids is 1. The van der Waals surface area contributed by atoms with E-state index >= 15 is 0 Å². The average molecular weight is 426 g/mol. The minimum absolute atomic E-state index is 0.0629. The van der Waals surface area contributed by atoms with Crippen molar-refractivity contribution in [2.75, 3.05) is 12.4 Å². The van der Waals surface area contributed by atoms with E-state index in [1.54, 1.807) is 11.8 Å². The van der Waals surface area contributed by atoms with Gasteiger partial charge >= 0.3 is 12.1 Å². The lowest BCUT2D eigenvalue weighted by atomic mass is 9.98. The van der Waals surface area contributed by atoms with Gasteiger partial charge in [-0.2, -0.15) is 11.8 Å². The van der Waals surface area contributed by atoms with Gasteiger partial charge in [0.1, 0.15) is 6.61 Å². The lowest BCUT2D eigenvalue weighted by Gasteiger charge is -2.21. The maximum atomic E-state index is 12.5. The third-order valence-electron chi connectivity index (χ3n) is 5.97. The maximum Gasteiger partial charge on any atom is 0.407 e. The van der Waals surface area contributed by atoms with Crippen LogP contribution in [0.1, 0.15) is 49.1 Å². The second kappa shape index (κ2) is 9.56. The summed E-state index contributed by atoms with van der Waals surface area (Å²) in [5, 5.41) is 12.1. The number of hydrogen-bond acceptors (Lipinski definition) is 4. The van der Waals surface area contributed by atoms with Gasteiger partial charge in [-0.05, 0) is 47.3 Å². The number of thioether (sulfide) groups is 1. The first kappa shape index (κ1) is 20.8. The number of alkyl carbamates (subject to hydrolysis) is 1. The van der Waals surface area contributed by atoms with Crippen molar-refractivity contribution in [1.82, 2.24) is 5.32 Å². The van der Waals surface area contributed by atoms with Crippen LogP contribution in [0.2, 0.25) is 0 Å². The fourth-order valence-electron chi connectivity index (χ4n) is 4.54. The van der Waals surface area contributed by atoms with Gasteiger partial charge in [-0.25, -0.2) is 4.79 Å². The summed E-state index contributed by atoms with van der Waals surface area (Å²) in [6.45, 7) is 0.322. The first-order valence-corrected chi connectivity index (χ1v) is 11.6. The fraction of sp³-hybridized carbons (Fsp3) is 0.417. The highest BCUT2D eigenvalue weighted by atomic mass is 32.2. The molecule has 0 aliphatic heterocycles. The van der Waals surface area contributed by atoms with E-state index in [9.17, 15) is 9.59 Å². The second-order valence-corrected chi connectivity index (χ2v) is 9.26. The first-order valence-electron chi connectivity index (χ1n) is 10.6. The van der Waals surface area contributed by atoms with Crippen LogP contribution < -0.4 is 5.32 Å². The standard InChI is InChI=1S/C24H27NO4S/c26-23(27)13-6-14-30-22-12-5-11-21(22)25-24(28)29-15-20-18-9-3-1-7-16(18)17-8-2-4-10-19(17)20/h1-4,7-10,20-22H,5-6,11-15H2,(H,25,28)(H,26,27).